The summed E-state index contributed by atoms with van der Waals surface area (Å²) in [6.45, 7) is 0. The van der Waals surface area contributed by atoms with Crippen molar-refractivity contribution >= 4 is 50.0 Å². The summed E-state index contributed by atoms with van der Waals surface area (Å²) in [6.07, 6.45) is -4.67. The van der Waals surface area contributed by atoms with Gasteiger partial charge in [-0.1, -0.05) is 0 Å². The molecule has 0 aliphatic heterocycles. The number of carbonyl (C=O) groups excluding carboxylic acids is 2. The van der Waals surface area contributed by atoms with Crippen LogP contribution in [0.25, 0.3) is 0 Å². The van der Waals surface area contributed by atoms with Gasteiger partial charge in [-0.2, -0.15) is 0 Å². The molecule has 10 heavy (non-hydrogen) atoms. The Balaban J connectivity index is -0.0000000300. The van der Waals surface area contributed by atoms with Gasteiger partial charge < -0.3 is 30.0 Å². The van der Waals surface area contributed by atoms with E-state index in [-0.39, 0.29) is 54.8 Å². The van der Waals surface area contributed by atoms with Crippen LogP contribution in [0.5, 0.6) is 0 Å². The number of hydrogen-bond acceptors (Lipinski definition) is 6. The molecule has 0 saturated heterocycles. The SMILES string of the molecule is O=C([O-])[O-].O=C([O-])[O-].[Ca+2].[Cu+2]. The molecule has 0 aromatic heterocycles. The Morgan fingerprint density at radius 2 is 0.800 bits per heavy atom. The average molecular weight is 224 g/mol. The number of carboxylic acid groups (broad SMARTS) is 4. The van der Waals surface area contributed by atoms with Crippen LogP contribution in [-0.2, 0) is 17.1 Å². The molecule has 0 aliphatic rings. The fourth-order valence-electron chi connectivity index (χ4n) is 0. The number of carbonyl (C=O) groups is 2. The van der Waals surface area contributed by atoms with Crippen molar-refractivity contribution in [2.24, 2.45) is 0 Å². The van der Waals surface area contributed by atoms with Crippen LogP contribution in [0.15, 0.2) is 0 Å². The van der Waals surface area contributed by atoms with E-state index in [0.29, 0.717) is 0 Å². The van der Waals surface area contributed by atoms with Crippen molar-refractivity contribution in [1.82, 2.24) is 0 Å². The zero-order valence-electron chi connectivity index (χ0n) is 4.46. The molecule has 0 aromatic carbocycles. The van der Waals surface area contributed by atoms with Crippen LogP contribution in [0.2, 0.25) is 0 Å². The van der Waals surface area contributed by atoms with E-state index in [0.717, 1.165) is 0 Å². The van der Waals surface area contributed by atoms with Crippen molar-refractivity contribution in [2.45, 2.75) is 0 Å². The van der Waals surface area contributed by atoms with Crippen molar-refractivity contribution in [3.63, 3.8) is 0 Å². The zero-order valence-corrected chi connectivity index (χ0v) is 7.61. The van der Waals surface area contributed by atoms with Crippen molar-refractivity contribution in [2.75, 3.05) is 0 Å². The number of hydrogen-bond donors (Lipinski definition) is 0. The molecule has 0 spiro atoms. The van der Waals surface area contributed by atoms with Crippen LogP contribution in [-0.4, -0.2) is 50.0 Å². The Hall–Kier alpha value is 0.319. The van der Waals surface area contributed by atoms with E-state index < -0.39 is 12.3 Å². The zero-order chi connectivity index (χ0) is 7.15. The van der Waals surface area contributed by atoms with E-state index in [2.05, 4.69) is 0 Å². The van der Waals surface area contributed by atoms with Crippen LogP contribution < -0.4 is 20.4 Å². The van der Waals surface area contributed by atoms with Gasteiger partial charge in [0.15, 0.2) is 0 Å². The monoisotopic (exact) mass is 223 g/mol. The molecule has 0 amide bonds. The molecule has 0 atom stereocenters. The summed E-state index contributed by atoms with van der Waals surface area (Å²) < 4.78 is 0. The molecule has 8 heteroatoms. The average Bonchev–Trinajstić information content (AvgIpc) is 1.25. The predicted molar refractivity (Wildman–Crippen MR) is 16.5 cm³/mol. The minimum atomic E-state index is -2.33. The third-order valence-corrected chi connectivity index (χ3v) is 0. The largest absolute Gasteiger partial charge is 2.00 e. The first-order valence-electron chi connectivity index (χ1n) is 1.22. The fraction of sp³-hybridized carbons (Fsp3) is 0. The summed E-state index contributed by atoms with van der Waals surface area (Å²) in [5.74, 6) is 0. The quantitative estimate of drug-likeness (QED) is 0.378. The molecule has 6 nitrogen and oxygen atoms in total. The molecule has 1 radical (unpaired) electrons. The van der Waals surface area contributed by atoms with E-state index >= 15 is 0 Å². The van der Waals surface area contributed by atoms with E-state index in [1.165, 1.54) is 0 Å². The molecule has 0 unspecified atom stereocenters. The second kappa shape index (κ2) is 16.2. The first-order valence-corrected chi connectivity index (χ1v) is 1.22. The van der Waals surface area contributed by atoms with Crippen molar-refractivity contribution < 1.29 is 47.1 Å². The van der Waals surface area contributed by atoms with Crippen LogP contribution in [0.4, 0.5) is 9.59 Å². The van der Waals surface area contributed by atoms with Crippen LogP contribution >= 0.6 is 0 Å². The van der Waals surface area contributed by atoms with Gasteiger partial charge in [-0.15, -0.1) is 0 Å². The Bertz CT molecular complexity index is 73.7. The minimum Gasteiger partial charge on any atom is -0.652 e. The van der Waals surface area contributed by atoms with E-state index in [1.807, 2.05) is 0 Å². The van der Waals surface area contributed by atoms with Crippen molar-refractivity contribution in [3.8, 4) is 0 Å². The topological polar surface area (TPSA) is 126 Å². The molecule has 0 heterocycles. The molecule has 0 N–H and O–H groups in total. The Labute approximate surface area is 96.3 Å². The van der Waals surface area contributed by atoms with E-state index in [1.54, 1.807) is 0 Å². The van der Waals surface area contributed by atoms with Gasteiger partial charge in [-0.3, -0.25) is 0 Å². The summed E-state index contributed by atoms with van der Waals surface area (Å²) in [4.78, 5) is 16.7. The van der Waals surface area contributed by atoms with Gasteiger partial charge in [0, 0.05) is 0 Å². The van der Waals surface area contributed by atoms with Gasteiger partial charge in [-0.05, 0) is 12.3 Å². The molecule has 0 rings (SSSR count). The second-order valence-corrected chi connectivity index (χ2v) is 0.500. The summed E-state index contributed by atoms with van der Waals surface area (Å²) in [7, 11) is 0. The van der Waals surface area contributed by atoms with Crippen molar-refractivity contribution in [3.05, 3.63) is 0 Å². The molecule has 0 fully saturated rings. The van der Waals surface area contributed by atoms with Crippen LogP contribution in [0, 0.1) is 0 Å². The minimum absolute atomic E-state index is 0. The van der Waals surface area contributed by atoms with Gasteiger partial charge in [-0.25, -0.2) is 0 Å². The van der Waals surface area contributed by atoms with Crippen molar-refractivity contribution in [1.29, 1.82) is 0 Å². The summed E-state index contributed by atoms with van der Waals surface area (Å²) in [6, 6.07) is 0. The summed E-state index contributed by atoms with van der Waals surface area (Å²) in [5, 5.41) is 33.3. The van der Waals surface area contributed by atoms with Crippen LogP contribution in [0.3, 0.4) is 0 Å². The molecule has 57 valence electrons. The Morgan fingerprint density at radius 3 is 0.800 bits per heavy atom. The normalized spacial score (nSPS) is 4.80. The molecule has 0 saturated carbocycles. The third-order valence-electron chi connectivity index (χ3n) is 0. The second-order valence-electron chi connectivity index (χ2n) is 0.500. The van der Waals surface area contributed by atoms with E-state index in [4.69, 9.17) is 30.0 Å². The molecule has 0 aliphatic carbocycles. The van der Waals surface area contributed by atoms with Gasteiger partial charge in [0.2, 0.25) is 0 Å². The number of rotatable bonds is 0. The Morgan fingerprint density at radius 1 is 0.800 bits per heavy atom. The molecule has 0 bridgehead atoms. The molecule has 0 aromatic rings. The van der Waals surface area contributed by atoms with Gasteiger partial charge in [0.1, 0.15) is 0 Å². The maximum Gasteiger partial charge on any atom is 2.00 e. The smallest absolute Gasteiger partial charge is 0.652 e. The van der Waals surface area contributed by atoms with Gasteiger partial charge >= 0.3 is 54.8 Å². The summed E-state index contributed by atoms with van der Waals surface area (Å²) >= 11 is 0. The molecular formula is C2CaCuO6. The van der Waals surface area contributed by atoms with Gasteiger partial charge in [0.25, 0.3) is 0 Å². The van der Waals surface area contributed by atoms with E-state index in [9.17, 15) is 0 Å². The predicted octanol–water partition coefficient (Wildman–Crippen LogP) is -5.28. The maximum absolute atomic E-state index is 8.33. The first kappa shape index (κ1) is 22.4. The Kier molecular flexibility index (Phi) is 36.2. The standard InChI is InChI=1S/2CH2O3.Ca.Cu/c2*2-1(3)4;;/h2*(H2,2,3,4);;/q;;2*+2/p-4. The fourth-order valence-corrected chi connectivity index (χ4v) is 0. The maximum atomic E-state index is 8.33. The first-order chi connectivity index (χ1) is 3.46. The van der Waals surface area contributed by atoms with Gasteiger partial charge in [0.05, 0.1) is 0 Å². The summed E-state index contributed by atoms with van der Waals surface area (Å²) in [5.41, 5.74) is 0. The molecular weight excluding hydrogens is 224 g/mol. The van der Waals surface area contributed by atoms with Crippen LogP contribution in [0.1, 0.15) is 0 Å². The third kappa shape index (κ3) is 4370.